The summed E-state index contributed by atoms with van der Waals surface area (Å²) in [6, 6.07) is 7.18. The van der Waals surface area contributed by atoms with Gasteiger partial charge in [0.25, 0.3) is 0 Å². The minimum atomic E-state index is -0.106. The lowest BCUT2D eigenvalue weighted by molar-refractivity contribution is 0.254. The van der Waals surface area contributed by atoms with Crippen LogP contribution in [0.2, 0.25) is 0 Å². The fourth-order valence-corrected chi connectivity index (χ4v) is 3.02. The van der Waals surface area contributed by atoms with Crippen molar-refractivity contribution in [2.24, 2.45) is 5.92 Å². The summed E-state index contributed by atoms with van der Waals surface area (Å²) in [6.45, 7) is 5.13. The van der Waals surface area contributed by atoms with Gasteiger partial charge >= 0.3 is 0 Å². The molecule has 1 aliphatic carbocycles. The lowest BCUT2D eigenvalue weighted by atomic mass is 10.1. The third kappa shape index (κ3) is 4.29. The molecule has 1 aromatic carbocycles. The van der Waals surface area contributed by atoms with E-state index in [0.29, 0.717) is 0 Å². The van der Waals surface area contributed by atoms with Crippen molar-refractivity contribution in [1.82, 2.24) is 10.2 Å². The highest BCUT2D eigenvalue weighted by Crippen LogP contribution is 2.24. The van der Waals surface area contributed by atoms with Crippen molar-refractivity contribution in [2.45, 2.75) is 38.6 Å². The van der Waals surface area contributed by atoms with Crippen molar-refractivity contribution in [2.75, 3.05) is 26.7 Å². The Labute approximate surface area is 122 Å². The van der Waals surface area contributed by atoms with Gasteiger partial charge in [0.1, 0.15) is 5.82 Å². The molecule has 1 N–H and O–H groups in total. The number of nitrogens with one attached hydrogen (secondary N) is 1. The minimum Gasteiger partial charge on any atom is -0.315 e. The highest BCUT2D eigenvalue weighted by molar-refractivity contribution is 5.20. The quantitative estimate of drug-likeness (QED) is 0.767. The molecule has 0 radical (unpaired) electrons. The lowest BCUT2D eigenvalue weighted by Gasteiger charge is -2.25. The normalized spacial score (nSPS) is 17.8. The smallest absolute Gasteiger partial charge is 0.127 e. The fraction of sp³-hybridized carbons (Fsp3) is 0.647. The van der Waals surface area contributed by atoms with Crippen LogP contribution in [-0.2, 0) is 0 Å². The van der Waals surface area contributed by atoms with Crippen molar-refractivity contribution in [3.8, 4) is 0 Å². The molecule has 20 heavy (non-hydrogen) atoms. The third-order valence-corrected chi connectivity index (χ3v) is 4.57. The van der Waals surface area contributed by atoms with Gasteiger partial charge in [-0.3, -0.25) is 4.90 Å². The van der Waals surface area contributed by atoms with Crippen LogP contribution in [0.25, 0.3) is 0 Å². The van der Waals surface area contributed by atoms with Gasteiger partial charge in [-0.1, -0.05) is 31.0 Å². The maximum absolute atomic E-state index is 13.8. The number of hydrogen-bond acceptors (Lipinski definition) is 2. The summed E-state index contributed by atoms with van der Waals surface area (Å²) in [6.07, 6.45) is 5.57. The molecular weight excluding hydrogens is 251 g/mol. The summed E-state index contributed by atoms with van der Waals surface area (Å²) in [4.78, 5) is 2.21. The third-order valence-electron chi connectivity index (χ3n) is 4.57. The van der Waals surface area contributed by atoms with Crippen molar-refractivity contribution in [1.29, 1.82) is 0 Å². The van der Waals surface area contributed by atoms with Crippen molar-refractivity contribution in [3.05, 3.63) is 35.6 Å². The fourth-order valence-electron chi connectivity index (χ4n) is 3.02. The van der Waals surface area contributed by atoms with Crippen LogP contribution >= 0.6 is 0 Å². The molecule has 0 saturated heterocycles. The van der Waals surface area contributed by atoms with Gasteiger partial charge in [0.15, 0.2) is 0 Å². The van der Waals surface area contributed by atoms with Gasteiger partial charge in [0.05, 0.1) is 0 Å². The molecule has 1 atom stereocenters. The van der Waals surface area contributed by atoms with E-state index in [1.807, 2.05) is 12.1 Å². The number of benzene rings is 1. The topological polar surface area (TPSA) is 15.3 Å². The van der Waals surface area contributed by atoms with E-state index in [4.69, 9.17) is 0 Å². The van der Waals surface area contributed by atoms with E-state index >= 15 is 0 Å². The van der Waals surface area contributed by atoms with Gasteiger partial charge in [-0.2, -0.15) is 0 Å². The average Bonchev–Trinajstić information content (AvgIpc) is 2.96. The molecule has 0 aliphatic heterocycles. The second kappa shape index (κ2) is 7.75. The Hall–Kier alpha value is -0.930. The SMILES string of the molecule is CC(c1ccccc1F)N(C)CCNCC1CCCC1. The predicted molar refractivity (Wildman–Crippen MR) is 82.3 cm³/mol. The summed E-state index contributed by atoms with van der Waals surface area (Å²) in [7, 11) is 2.06. The van der Waals surface area contributed by atoms with Gasteiger partial charge < -0.3 is 5.32 Å². The van der Waals surface area contributed by atoms with E-state index in [2.05, 4.69) is 24.2 Å². The number of rotatable bonds is 7. The zero-order valence-electron chi connectivity index (χ0n) is 12.7. The molecule has 112 valence electrons. The summed E-state index contributed by atoms with van der Waals surface area (Å²) >= 11 is 0. The molecule has 1 aromatic rings. The summed E-state index contributed by atoms with van der Waals surface area (Å²) < 4.78 is 13.8. The van der Waals surface area contributed by atoms with Gasteiger partial charge in [0.2, 0.25) is 0 Å². The Morgan fingerprint density at radius 2 is 2.00 bits per heavy atom. The first-order valence-corrected chi connectivity index (χ1v) is 7.84. The molecule has 1 fully saturated rings. The molecule has 0 amide bonds. The first-order valence-electron chi connectivity index (χ1n) is 7.84. The van der Waals surface area contributed by atoms with Gasteiger partial charge in [-0.15, -0.1) is 0 Å². The number of halogens is 1. The Balaban J connectivity index is 1.71. The standard InChI is InChI=1S/C17H27FN2/c1-14(16-9-5-6-10-17(16)18)20(2)12-11-19-13-15-7-3-4-8-15/h5-6,9-10,14-15,19H,3-4,7-8,11-13H2,1-2H3. The molecule has 2 rings (SSSR count). The van der Waals surface area contributed by atoms with Crippen molar-refractivity contribution in [3.63, 3.8) is 0 Å². The molecule has 1 saturated carbocycles. The Morgan fingerprint density at radius 3 is 2.70 bits per heavy atom. The zero-order valence-corrected chi connectivity index (χ0v) is 12.7. The van der Waals surface area contributed by atoms with Crippen LogP contribution in [0.1, 0.15) is 44.2 Å². The first kappa shape index (κ1) is 15.5. The second-order valence-corrected chi connectivity index (χ2v) is 6.03. The van der Waals surface area contributed by atoms with E-state index in [9.17, 15) is 4.39 Å². The monoisotopic (exact) mass is 278 g/mol. The molecular formula is C17H27FN2. The number of hydrogen-bond donors (Lipinski definition) is 1. The molecule has 1 unspecified atom stereocenters. The average molecular weight is 278 g/mol. The van der Waals surface area contributed by atoms with Crippen LogP contribution in [0.3, 0.4) is 0 Å². The lowest BCUT2D eigenvalue weighted by Crippen LogP contribution is -2.33. The molecule has 0 heterocycles. The number of nitrogens with zero attached hydrogens (tertiary/aromatic N) is 1. The van der Waals surface area contributed by atoms with E-state index in [1.54, 1.807) is 6.07 Å². The second-order valence-electron chi connectivity index (χ2n) is 6.03. The van der Waals surface area contributed by atoms with Crippen LogP contribution in [0.4, 0.5) is 4.39 Å². The largest absolute Gasteiger partial charge is 0.315 e. The molecule has 1 aliphatic rings. The van der Waals surface area contributed by atoms with Gasteiger partial charge in [0, 0.05) is 24.7 Å². The van der Waals surface area contributed by atoms with Crippen molar-refractivity contribution >= 4 is 0 Å². The maximum atomic E-state index is 13.8. The van der Waals surface area contributed by atoms with Crippen LogP contribution < -0.4 is 5.32 Å². The maximum Gasteiger partial charge on any atom is 0.127 e. The van der Waals surface area contributed by atoms with Gasteiger partial charge in [-0.05, 0) is 45.3 Å². The predicted octanol–water partition coefficient (Wildman–Crippen LogP) is 3.60. The Kier molecular flexibility index (Phi) is 5.99. The summed E-state index contributed by atoms with van der Waals surface area (Å²) in [5.41, 5.74) is 0.783. The highest BCUT2D eigenvalue weighted by Gasteiger charge is 2.16. The van der Waals surface area contributed by atoms with Crippen LogP contribution in [0.15, 0.2) is 24.3 Å². The Morgan fingerprint density at radius 1 is 1.30 bits per heavy atom. The molecule has 2 nitrogen and oxygen atoms in total. The zero-order chi connectivity index (χ0) is 14.4. The van der Waals surface area contributed by atoms with Gasteiger partial charge in [-0.25, -0.2) is 4.39 Å². The van der Waals surface area contributed by atoms with Crippen LogP contribution in [0.5, 0.6) is 0 Å². The summed E-state index contributed by atoms with van der Waals surface area (Å²) in [5.74, 6) is 0.773. The molecule has 0 aromatic heterocycles. The molecule has 0 spiro atoms. The van der Waals surface area contributed by atoms with Crippen LogP contribution in [-0.4, -0.2) is 31.6 Å². The van der Waals surface area contributed by atoms with E-state index in [1.165, 1.54) is 31.7 Å². The molecule has 3 heteroatoms. The summed E-state index contributed by atoms with van der Waals surface area (Å²) in [5, 5.41) is 3.54. The highest BCUT2D eigenvalue weighted by atomic mass is 19.1. The minimum absolute atomic E-state index is 0.106. The van der Waals surface area contributed by atoms with E-state index in [-0.39, 0.29) is 11.9 Å². The Bertz CT molecular complexity index is 402. The first-order chi connectivity index (χ1) is 9.68. The van der Waals surface area contributed by atoms with E-state index in [0.717, 1.165) is 31.1 Å². The number of likely N-dealkylation sites (N-methyl/N-ethyl adjacent to an activating group) is 1. The molecule has 0 bridgehead atoms. The van der Waals surface area contributed by atoms with Crippen LogP contribution in [0, 0.1) is 11.7 Å². The van der Waals surface area contributed by atoms with E-state index < -0.39 is 0 Å². The van der Waals surface area contributed by atoms with Crippen molar-refractivity contribution < 1.29 is 4.39 Å².